The number of ketones is 1. The third-order valence-corrected chi connectivity index (χ3v) is 6.90. The van der Waals surface area contributed by atoms with E-state index in [-0.39, 0.29) is 47.0 Å². The first-order chi connectivity index (χ1) is 17.5. The van der Waals surface area contributed by atoms with Gasteiger partial charge in [-0.3, -0.25) is 19.3 Å². The van der Waals surface area contributed by atoms with Crippen LogP contribution in [0.2, 0.25) is 5.02 Å². The summed E-state index contributed by atoms with van der Waals surface area (Å²) in [6.07, 6.45) is -1.38. The normalized spacial score (nSPS) is 14.9. The molecule has 2 amide bonds. The van der Waals surface area contributed by atoms with Gasteiger partial charge in [0.25, 0.3) is 5.91 Å². The second-order valence-corrected chi connectivity index (χ2v) is 9.55. The van der Waals surface area contributed by atoms with E-state index in [0.717, 1.165) is 17.5 Å². The minimum Gasteiger partial charge on any atom is -0.307 e. The molecule has 0 spiro atoms. The molecule has 2 N–H and O–H groups in total. The number of aromatic nitrogens is 4. The van der Waals surface area contributed by atoms with Crippen molar-refractivity contribution in [2.24, 2.45) is 0 Å². The Labute approximate surface area is 217 Å². The van der Waals surface area contributed by atoms with Crippen LogP contribution in [0.1, 0.15) is 50.0 Å². The predicted molar refractivity (Wildman–Crippen MR) is 129 cm³/mol. The molecule has 0 aliphatic carbocycles. The van der Waals surface area contributed by atoms with E-state index in [9.17, 15) is 27.6 Å². The third kappa shape index (κ3) is 6.26. The Bertz CT molecular complexity index is 1350. The van der Waals surface area contributed by atoms with E-state index in [4.69, 9.17) is 11.6 Å². The van der Waals surface area contributed by atoms with Crippen molar-refractivity contribution in [3.63, 3.8) is 0 Å². The molecule has 3 aromatic rings. The minimum absolute atomic E-state index is 0.0220. The van der Waals surface area contributed by atoms with Gasteiger partial charge in [0, 0.05) is 37.7 Å². The van der Waals surface area contributed by atoms with Gasteiger partial charge in [-0.25, -0.2) is 19.9 Å². The number of rotatable bonds is 7. The first-order valence-corrected chi connectivity index (χ1v) is 12.1. The molecule has 0 radical (unpaired) electrons. The predicted octanol–water partition coefficient (Wildman–Crippen LogP) is 3.57. The summed E-state index contributed by atoms with van der Waals surface area (Å²) in [5, 5.41) is 5.15. The molecule has 0 aromatic carbocycles. The minimum atomic E-state index is -4.70. The quantitative estimate of drug-likeness (QED) is 0.425. The van der Waals surface area contributed by atoms with Gasteiger partial charge in [-0.15, -0.1) is 11.3 Å². The van der Waals surface area contributed by atoms with Crippen LogP contribution in [0.3, 0.4) is 0 Å². The lowest BCUT2D eigenvalue weighted by Gasteiger charge is -2.26. The number of pyridine rings is 1. The van der Waals surface area contributed by atoms with Gasteiger partial charge in [-0.2, -0.15) is 13.2 Å². The van der Waals surface area contributed by atoms with Crippen LogP contribution < -0.4 is 15.5 Å². The molecule has 1 unspecified atom stereocenters. The van der Waals surface area contributed by atoms with E-state index in [1.54, 1.807) is 6.92 Å². The number of alkyl halides is 3. The van der Waals surface area contributed by atoms with E-state index in [1.165, 1.54) is 23.5 Å². The molecule has 1 aliphatic rings. The van der Waals surface area contributed by atoms with Crippen LogP contribution in [-0.2, 0) is 11.0 Å². The van der Waals surface area contributed by atoms with Crippen LogP contribution in [0.15, 0.2) is 30.9 Å². The summed E-state index contributed by atoms with van der Waals surface area (Å²) in [6, 6.07) is 2.11. The number of anilines is 2. The van der Waals surface area contributed by atoms with E-state index < -0.39 is 22.7 Å². The summed E-state index contributed by atoms with van der Waals surface area (Å²) in [4.78, 5) is 55.1. The zero-order chi connectivity index (χ0) is 26.7. The maximum atomic E-state index is 13.1. The highest BCUT2D eigenvalue weighted by Crippen LogP contribution is 2.35. The van der Waals surface area contributed by atoms with Crippen LogP contribution in [0.25, 0.3) is 0 Å². The Morgan fingerprint density at radius 1 is 1.22 bits per heavy atom. The van der Waals surface area contributed by atoms with Gasteiger partial charge >= 0.3 is 6.18 Å². The lowest BCUT2D eigenvalue weighted by atomic mass is 10.0. The molecule has 4 heterocycles. The van der Waals surface area contributed by atoms with Crippen molar-refractivity contribution in [1.29, 1.82) is 0 Å². The number of hydrogen-bond acceptors (Lipinski definition) is 9. The molecule has 1 aliphatic heterocycles. The number of thiazole rings is 1. The molecular formula is C22H19ClF3N7O3S. The van der Waals surface area contributed by atoms with Crippen molar-refractivity contribution >= 4 is 52.2 Å². The van der Waals surface area contributed by atoms with Crippen molar-refractivity contribution in [2.45, 2.75) is 25.4 Å². The van der Waals surface area contributed by atoms with Crippen LogP contribution in [0, 0.1) is 0 Å². The second kappa shape index (κ2) is 10.9. The lowest BCUT2D eigenvalue weighted by Crippen LogP contribution is -2.48. The number of nitrogens with zero attached hydrogens (tertiary/aromatic N) is 5. The van der Waals surface area contributed by atoms with Crippen molar-refractivity contribution < 1.29 is 27.6 Å². The Balaban J connectivity index is 1.41. The van der Waals surface area contributed by atoms with Crippen molar-refractivity contribution in [2.75, 3.05) is 29.9 Å². The largest absolute Gasteiger partial charge is 0.418 e. The van der Waals surface area contributed by atoms with Crippen LogP contribution >= 0.6 is 22.9 Å². The highest BCUT2D eigenvalue weighted by molar-refractivity contribution is 7.13. The van der Waals surface area contributed by atoms with Crippen molar-refractivity contribution in [1.82, 2.24) is 25.3 Å². The van der Waals surface area contributed by atoms with Crippen molar-refractivity contribution in [3.8, 4) is 0 Å². The number of piperazine rings is 1. The molecule has 1 saturated heterocycles. The van der Waals surface area contributed by atoms with Gasteiger partial charge in [-0.1, -0.05) is 18.5 Å². The Morgan fingerprint density at radius 2 is 2.00 bits per heavy atom. The Morgan fingerprint density at radius 3 is 2.73 bits per heavy atom. The fourth-order valence-electron chi connectivity index (χ4n) is 3.49. The summed E-state index contributed by atoms with van der Waals surface area (Å²) in [7, 11) is 0. The maximum absolute atomic E-state index is 13.1. The molecule has 0 saturated carbocycles. The van der Waals surface area contributed by atoms with Crippen molar-refractivity contribution in [3.05, 3.63) is 57.0 Å². The molecule has 1 atom stereocenters. The lowest BCUT2D eigenvalue weighted by molar-refractivity contribution is -0.137. The fourth-order valence-corrected chi connectivity index (χ4v) is 4.56. The topological polar surface area (TPSA) is 130 Å². The van der Waals surface area contributed by atoms with Crippen LogP contribution in [0.5, 0.6) is 0 Å². The van der Waals surface area contributed by atoms with Gasteiger partial charge in [0.2, 0.25) is 5.91 Å². The molecule has 37 heavy (non-hydrogen) atoms. The van der Waals surface area contributed by atoms with Gasteiger partial charge in [0.05, 0.1) is 28.3 Å². The molecule has 4 rings (SSSR count). The number of carbonyl (C=O) groups excluding carboxylic acids is 3. The number of carbonyl (C=O) groups is 3. The zero-order valence-corrected chi connectivity index (χ0v) is 20.7. The van der Waals surface area contributed by atoms with E-state index >= 15 is 0 Å². The summed E-state index contributed by atoms with van der Waals surface area (Å²) in [5.74, 6) is -1.52. The van der Waals surface area contributed by atoms with Crippen LogP contribution in [-0.4, -0.2) is 57.2 Å². The number of halogens is 4. The Kier molecular flexibility index (Phi) is 7.80. The SMILES string of the molecule is CC(CC(=O)c1cc(N2CCNCC2=O)ncn1)c1ncc(C(=O)Nc2cc(C(F)(F)F)c(Cl)cn2)s1. The molecule has 10 nitrogen and oxygen atoms in total. The monoisotopic (exact) mass is 553 g/mol. The summed E-state index contributed by atoms with van der Waals surface area (Å²) >= 11 is 6.56. The van der Waals surface area contributed by atoms with Gasteiger partial charge < -0.3 is 10.6 Å². The summed E-state index contributed by atoms with van der Waals surface area (Å²) in [5.41, 5.74) is -0.974. The van der Waals surface area contributed by atoms with Gasteiger partial charge in [0.1, 0.15) is 28.5 Å². The molecule has 0 bridgehead atoms. The third-order valence-electron chi connectivity index (χ3n) is 5.37. The standard InChI is InChI=1S/C22H19ClF3N7O3S/c1-11(4-15(34)14-6-18(31-10-30-14)33-3-2-27-9-19(33)35)21-29-8-16(37-21)20(36)32-17-5-12(22(24,25)26)13(23)7-28-17/h5-8,10-11,27H,2-4,9H2,1H3,(H,28,32,36). The van der Waals surface area contributed by atoms with E-state index in [1.807, 2.05) is 0 Å². The fraction of sp³-hybridized carbons (Fsp3) is 0.318. The van der Waals surface area contributed by atoms with Crippen LogP contribution in [0.4, 0.5) is 24.8 Å². The average Bonchev–Trinajstić information content (AvgIpc) is 3.36. The number of amides is 2. The van der Waals surface area contributed by atoms with Gasteiger partial charge in [-0.05, 0) is 6.07 Å². The molecule has 1 fully saturated rings. The number of Topliss-reactive ketones (excluding diaryl/α,β-unsaturated/α-hetero) is 1. The molecule has 3 aromatic heterocycles. The first kappa shape index (κ1) is 26.6. The highest BCUT2D eigenvalue weighted by Gasteiger charge is 2.34. The van der Waals surface area contributed by atoms with E-state index in [2.05, 4.69) is 30.6 Å². The maximum Gasteiger partial charge on any atom is 0.418 e. The Hall–Kier alpha value is -3.49. The number of hydrogen-bond donors (Lipinski definition) is 2. The molecular weight excluding hydrogens is 535 g/mol. The second-order valence-electron chi connectivity index (χ2n) is 8.08. The molecule has 194 valence electrons. The zero-order valence-electron chi connectivity index (χ0n) is 19.2. The van der Waals surface area contributed by atoms with E-state index in [0.29, 0.717) is 30.0 Å². The summed E-state index contributed by atoms with van der Waals surface area (Å²) < 4.78 is 39.2. The molecule has 15 heteroatoms. The average molecular weight is 554 g/mol. The number of nitrogens with one attached hydrogen (secondary N) is 2. The smallest absolute Gasteiger partial charge is 0.307 e. The van der Waals surface area contributed by atoms with Gasteiger partial charge in [0.15, 0.2) is 5.78 Å². The highest BCUT2D eigenvalue weighted by atomic mass is 35.5. The summed E-state index contributed by atoms with van der Waals surface area (Å²) in [6.45, 7) is 2.96. The first-order valence-electron chi connectivity index (χ1n) is 10.9.